The van der Waals surface area contributed by atoms with Gasteiger partial charge >= 0.3 is 5.97 Å². The molecule has 4 nitrogen and oxygen atoms in total. The van der Waals surface area contributed by atoms with Crippen LogP contribution in [0, 0.1) is 35.0 Å². The van der Waals surface area contributed by atoms with Crippen molar-refractivity contribution in [2.45, 2.75) is 110 Å². The predicted octanol–water partition coefficient (Wildman–Crippen LogP) is 7.04. The normalized spacial score (nSPS) is 26.4. The Bertz CT molecular complexity index is 897. The maximum absolute atomic E-state index is 12.9. The van der Waals surface area contributed by atoms with Crippen molar-refractivity contribution in [1.29, 1.82) is 0 Å². The molecule has 0 spiro atoms. The van der Waals surface area contributed by atoms with E-state index in [9.17, 15) is 19.8 Å². The quantitative estimate of drug-likeness (QED) is 0.386. The van der Waals surface area contributed by atoms with Crippen LogP contribution in [0.25, 0.3) is 0 Å². The Morgan fingerprint density at radius 1 is 1.09 bits per heavy atom. The minimum Gasteiger partial charge on any atom is -0.477 e. The lowest BCUT2D eigenvalue weighted by Gasteiger charge is -2.32. The molecule has 2 fully saturated rings. The summed E-state index contributed by atoms with van der Waals surface area (Å²) in [7, 11) is 0. The number of hydrogen-bond acceptors (Lipinski definition) is 4. The van der Waals surface area contributed by atoms with Crippen LogP contribution in [0.3, 0.4) is 0 Å². The summed E-state index contributed by atoms with van der Waals surface area (Å²) in [5, 5.41) is 20.0. The van der Waals surface area contributed by atoms with E-state index in [1.54, 1.807) is 0 Å². The number of aromatic carboxylic acids is 1. The summed E-state index contributed by atoms with van der Waals surface area (Å²) in [6.45, 7) is 8.43. The summed E-state index contributed by atoms with van der Waals surface area (Å²) in [6, 6.07) is 1.97. The molecule has 0 saturated heterocycles. The molecule has 0 aromatic carbocycles. The zero-order chi connectivity index (χ0) is 24.9. The minimum absolute atomic E-state index is 0.0235. The van der Waals surface area contributed by atoms with Gasteiger partial charge in [-0.2, -0.15) is 0 Å². The van der Waals surface area contributed by atoms with Crippen molar-refractivity contribution in [2.75, 3.05) is 0 Å². The molecular weight excluding hydrogens is 444 g/mol. The number of hydrogen-bond donors (Lipinski definition) is 2. The number of carboxylic acid groups (broad SMARTS) is 1. The van der Waals surface area contributed by atoms with E-state index in [0.717, 1.165) is 54.9 Å². The van der Waals surface area contributed by atoms with Gasteiger partial charge in [0.2, 0.25) is 0 Å². The first-order valence-electron chi connectivity index (χ1n) is 13.1. The van der Waals surface area contributed by atoms with E-state index < -0.39 is 5.97 Å². The summed E-state index contributed by atoms with van der Waals surface area (Å²) >= 11 is 1.26. The van der Waals surface area contributed by atoms with E-state index in [-0.39, 0.29) is 17.4 Å². The molecule has 0 aliphatic heterocycles. The van der Waals surface area contributed by atoms with E-state index in [0.29, 0.717) is 41.8 Å². The predicted molar refractivity (Wildman–Crippen MR) is 138 cm³/mol. The molecule has 5 heteroatoms. The van der Waals surface area contributed by atoms with Crippen LogP contribution in [-0.2, 0) is 4.79 Å². The Balaban J connectivity index is 1.78. The van der Waals surface area contributed by atoms with Crippen LogP contribution in [0.5, 0.6) is 0 Å². The van der Waals surface area contributed by atoms with Crippen molar-refractivity contribution in [3.05, 3.63) is 21.4 Å². The molecule has 0 radical (unpaired) electrons. The van der Waals surface area contributed by atoms with Crippen LogP contribution < -0.4 is 0 Å². The van der Waals surface area contributed by atoms with Gasteiger partial charge in [-0.05, 0) is 101 Å². The van der Waals surface area contributed by atoms with Gasteiger partial charge in [0, 0.05) is 18.3 Å². The Kier molecular flexibility index (Phi) is 9.41. The monoisotopic (exact) mass is 486 g/mol. The van der Waals surface area contributed by atoms with Gasteiger partial charge < -0.3 is 10.2 Å². The van der Waals surface area contributed by atoms with Gasteiger partial charge in [0.15, 0.2) is 0 Å². The average molecular weight is 487 g/mol. The minimum atomic E-state index is -0.910. The molecule has 1 aromatic heterocycles. The molecule has 1 atom stereocenters. The van der Waals surface area contributed by atoms with E-state index in [1.807, 2.05) is 26.8 Å². The fraction of sp³-hybridized carbons (Fsp3) is 0.724. The van der Waals surface area contributed by atoms with Crippen molar-refractivity contribution >= 4 is 23.1 Å². The van der Waals surface area contributed by atoms with Crippen molar-refractivity contribution in [2.24, 2.45) is 23.2 Å². The summed E-state index contributed by atoms with van der Waals surface area (Å²) in [6.07, 6.45) is 9.59. The maximum Gasteiger partial charge on any atom is 0.346 e. The fourth-order valence-corrected chi connectivity index (χ4v) is 6.50. The Labute approximate surface area is 209 Å². The lowest BCUT2D eigenvalue weighted by atomic mass is 9.73. The smallest absolute Gasteiger partial charge is 0.346 e. The molecule has 1 unspecified atom stereocenters. The number of thiophene rings is 1. The molecule has 3 rings (SSSR count). The van der Waals surface area contributed by atoms with Crippen LogP contribution >= 0.6 is 11.3 Å². The third-order valence-corrected chi connectivity index (χ3v) is 8.67. The topological polar surface area (TPSA) is 74.6 Å². The zero-order valence-corrected chi connectivity index (χ0v) is 22.2. The first-order chi connectivity index (χ1) is 16.0. The molecule has 1 heterocycles. The van der Waals surface area contributed by atoms with Crippen LogP contribution in [0.1, 0.15) is 124 Å². The second-order valence-electron chi connectivity index (χ2n) is 11.8. The first kappa shape index (κ1) is 27.0. The number of rotatable bonds is 8. The molecule has 1 aromatic rings. The number of ketones is 1. The fourth-order valence-electron chi connectivity index (χ4n) is 5.58. The standard InChI is InChI=1S/C29H42O4S/c1-19-5-7-20(8-6-19)17-23(31)13-14-25(21-9-11-22(30)12-10-21)26-18-24(15-16-29(2,3)4)34-27(26)28(32)33/h18-22,25,30H,5-14,17H2,1-4H3,(H,32,33). The molecule has 34 heavy (non-hydrogen) atoms. The molecule has 2 saturated carbocycles. The number of aliphatic hydroxyl groups is 1. The van der Waals surface area contributed by atoms with Crippen LogP contribution in [-0.4, -0.2) is 28.1 Å². The Morgan fingerprint density at radius 2 is 1.74 bits per heavy atom. The SMILES string of the molecule is CC1CCC(CC(=O)CCC(c2cc(C#CC(C)(C)C)sc2C(=O)O)C2CCC(O)CC2)CC1. The van der Waals surface area contributed by atoms with E-state index >= 15 is 0 Å². The number of carbonyl (C=O) groups is 2. The second-order valence-corrected chi connectivity index (χ2v) is 12.8. The van der Waals surface area contributed by atoms with Gasteiger partial charge in [-0.15, -0.1) is 11.3 Å². The zero-order valence-electron chi connectivity index (χ0n) is 21.4. The molecular formula is C29H42O4S. The highest BCUT2D eigenvalue weighted by atomic mass is 32.1. The van der Waals surface area contributed by atoms with Crippen molar-refractivity contribution < 1.29 is 19.8 Å². The maximum atomic E-state index is 12.9. The summed E-state index contributed by atoms with van der Waals surface area (Å²) in [5.74, 6) is 7.43. The van der Waals surface area contributed by atoms with Gasteiger partial charge in [0.05, 0.1) is 11.0 Å². The first-order valence-corrected chi connectivity index (χ1v) is 13.9. The highest BCUT2D eigenvalue weighted by molar-refractivity contribution is 7.14. The second kappa shape index (κ2) is 11.9. The largest absolute Gasteiger partial charge is 0.477 e. The van der Waals surface area contributed by atoms with Gasteiger partial charge in [0.25, 0.3) is 0 Å². The van der Waals surface area contributed by atoms with Gasteiger partial charge in [-0.1, -0.05) is 31.6 Å². The van der Waals surface area contributed by atoms with Crippen LogP contribution in [0.2, 0.25) is 0 Å². The lowest BCUT2D eigenvalue weighted by molar-refractivity contribution is -0.120. The number of Topliss-reactive ketones (excluding diaryl/α,β-unsaturated/α-hetero) is 1. The average Bonchev–Trinajstić information content (AvgIpc) is 3.19. The molecule has 2 N–H and O–H groups in total. The van der Waals surface area contributed by atoms with Crippen molar-refractivity contribution in [3.63, 3.8) is 0 Å². The molecule has 188 valence electrons. The third kappa shape index (κ3) is 7.95. The van der Waals surface area contributed by atoms with E-state index in [2.05, 4.69) is 18.8 Å². The van der Waals surface area contributed by atoms with Gasteiger partial charge in [-0.25, -0.2) is 4.79 Å². The molecule has 0 bridgehead atoms. The molecule has 0 amide bonds. The summed E-state index contributed by atoms with van der Waals surface area (Å²) in [4.78, 5) is 26.2. The Hall–Kier alpha value is -1.64. The third-order valence-electron chi connectivity index (χ3n) is 7.61. The summed E-state index contributed by atoms with van der Waals surface area (Å²) < 4.78 is 0. The summed E-state index contributed by atoms with van der Waals surface area (Å²) in [5.41, 5.74) is 0.687. The highest BCUT2D eigenvalue weighted by Crippen LogP contribution is 2.43. The molecule has 2 aliphatic rings. The van der Waals surface area contributed by atoms with E-state index in [1.165, 1.54) is 24.2 Å². The highest BCUT2D eigenvalue weighted by Gasteiger charge is 2.32. The Morgan fingerprint density at radius 3 is 2.32 bits per heavy atom. The van der Waals surface area contributed by atoms with Crippen molar-refractivity contribution in [3.8, 4) is 11.8 Å². The van der Waals surface area contributed by atoms with E-state index in [4.69, 9.17) is 0 Å². The van der Waals surface area contributed by atoms with Crippen LogP contribution in [0.15, 0.2) is 6.07 Å². The molecule has 2 aliphatic carbocycles. The number of aliphatic hydroxyl groups excluding tert-OH is 1. The lowest BCUT2D eigenvalue weighted by Crippen LogP contribution is -2.24. The van der Waals surface area contributed by atoms with Gasteiger partial charge in [0.1, 0.15) is 10.7 Å². The number of carboxylic acids is 1. The van der Waals surface area contributed by atoms with Crippen LogP contribution in [0.4, 0.5) is 0 Å². The van der Waals surface area contributed by atoms with Crippen molar-refractivity contribution in [1.82, 2.24) is 0 Å². The van der Waals surface area contributed by atoms with Gasteiger partial charge in [-0.3, -0.25) is 4.79 Å². The number of carbonyl (C=O) groups excluding carboxylic acids is 1.